The Kier molecular flexibility index (Phi) is 2.43. The van der Waals surface area contributed by atoms with E-state index in [0.29, 0.717) is 11.0 Å². The van der Waals surface area contributed by atoms with Crippen LogP contribution in [0.3, 0.4) is 0 Å². The lowest BCUT2D eigenvalue weighted by molar-refractivity contribution is 0.426. The van der Waals surface area contributed by atoms with E-state index in [0.717, 1.165) is 38.3 Å². The van der Waals surface area contributed by atoms with Crippen molar-refractivity contribution >= 4 is 56.5 Å². The zero-order valence-corrected chi connectivity index (χ0v) is 12.0. The van der Waals surface area contributed by atoms with Crippen molar-refractivity contribution in [3.05, 3.63) is 54.6 Å². The topological polar surface area (TPSA) is 66.7 Å². The van der Waals surface area contributed by atoms with Crippen molar-refractivity contribution in [2.45, 2.75) is 0 Å². The van der Waals surface area contributed by atoms with Gasteiger partial charge in [-0.05, 0) is 29.7 Å². The van der Waals surface area contributed by atoms with Crippen LogP contribution in [-0.4, -0.2) is 17.2 Å². The van der Waals surface area contributed by atoms with Gasteiger partial charge in [-0.25, -0.2) is 0 Å². The predicted octanol–water partition coefficient (Wildman–Crippen LogP) is 3.17. The normalized spacial score (nSPS) is 11.9. The van der Waals surface area contributed by atoms with Gasteiger partial charge in [0.05, 0.1) is 5.39 Å². The highest BCUT2D eigenvalue weighted by atomic mass is 16.4. The fourth-order valence-electron chi connectivity index (χ4n) is 3.22. The Bertz CT molecular complexity index is 1200. The molecule has 5 rings (SSSR count). The first-order valence-electron chi connectivity index (χ1n) is 7.35. The van der Waals surface area contributed by atoms with E-state index in [2.05, 4.69) is 0 Å². The highest BCUT2D eigenvalue weighted by molar-refractivity contribution is 6.59. The van der Waals surface area contributed by atoms with Gasteiger partial charge in [-0.2, -0.15) is 0 Å². The van der Waals surface area contributed by atoms with Crippen molar-refractivity contribution in [1.29, 1.82) is 0 Å². The van der Waals surface area contributed by atoms with E-state index in [1.807, 2.05) is 36.4 Å². The van der Waals surface area contributed by atoms with E-state index in [4.69, 9.17) is 8.83 Å². The summed E-state index contributed by atoms with van der Waals surface area (Å²) in [5.41, 5.74) is 3.41. The maximum absolute atomic E-state index is 9.42. The lowest BCUT2D eigenvalue weighted by Gasteiger charge is -1.98. The lowest BCUT2D eigenvalue weighted by atomic mass is 9.80. The number of benzene rings is 3. The zero-order valence-electron chi connectivity index (χ0n) is 12.0. The van der Waals surface area contributed by atoms with Gasteiger partial charge in [0, 0.05) is 16.2 Å². The van der Waals surface area contributed by atoms with Gasteiger partial charge in [0.1, 0.15) is 22.3 Å². The Morgan fingerprint density at radius 2 is 1.48 bits per heavy atom. The summed E-state index contributed by atoms with van der Waals surface area (Å²) in [4.78, 5) is 0. The second-order valence-electron chi connectivity index (χ2n) is 5.64. The molecule has 23 heavy (non-hydrogen) atoms. The molecule has 0 saturated carbocycles. The number of furan rings is 2. The zero-order chi connectivity index (χ0) is 15.6. The number of hydrogen-bond donors (Lipinski definition) is 2. The van der Waals surface area contributed by atoms with Crippen LogP contribution in [0.5, 0.6) is 0 Å². The summed E-state index contributed by atoms with van der Waals surface area (Å²) in [6.45, 7) is 0. The molecule has 0 aliphatic heterocycles. The fourth-order valence-corrected chi connectivity index (χ4v) is 3.22. The minimum atomic E-state index is -1.51. The van der Waals surface area contributed by atoms with Crippen LogP contribution in [0.2, 0.25) is 0 Å². The average Bonchev–Trinajstić information content (AvgIpc) is 3.11. The highest BCUT2D eigenvalue weighted by Crippen LogP contribution is 2.38. The third-order valence-corrected chi connectivity index (χ3v) is 4.30. The van der Waals surface area contributed by atoms with Crippen molar-refractivity contribution < 1.29 is 18.9 Å². The first-order valence-corrected chi connectivity index (χ1v) is 7.35. The van der Waals surface area contributed by atoms with Gasteiger partial charge in [-0.3, -0.25) is 0 Å². The van der Waals surface area contributed by atoms with Crippen LogP contribution in [0.15, 0.2) is 63.4 Å². The molecule has 0 amide bonds. The average molecular weight is 302 g/mol. The first-order chi connectivity index (χ1) is 11.2. The predicted molar refractivity (Wildman–Crippen MR) is 90.8 cm³/mol. The van der Waals surface area contributed by atoms with Crippen LogP contribution in [0.1, 0.15) is 0 Å². The molecular weight excluding hydrogens is 291 g/mol. The molecule has 2 N–H and O–H groups in total. The maximum atomic E-state index is 9.42. The molecule has 3 aromatic carbocycles. The smallest absolute Gasteiger partial charge is 0.456 e. The molecule has 4 nitrogen and oxygen atoms in total. The summed E-state index contributed by atoms with van der Waals surface area (Å²) >= 11 is 0. The largest absolute Gasteiger partial charge is 0.488 e. The van der Waals surface area contributed by atoms with Gasteiger partial charge < -0.3 is 18.9 Å². The molecule has 0 saturated heterocycles. The molecule has 0 bridgehead atoms. The van der Waals surface area contributed by atoms with Gasteiger partial charge in [0.2, 0.25) is 0 Å². The maximum Gasteiger partial charge on any atom is 0.488 e. The molecule has 0 atom stereocenters. The number of para-hydroxylation sites is 1. The van der Waals surface area contributed by atoms with Crippen LogP contribution in [-0.2, 0) is 0 Å². The third kappa shape index (κ3) is 1.69. The number of fused-ring (bicyclic) bond motifs is 7. The van der Waals surface area contributed by atoms with E-state index in [1.54, 1.807) is 18.2 Å². The van der Waals surface area contributed by atoms with E-state index >= 15 is 0 Å². The molecule has 110 valence electrons. The Balaban J connectivity index is 2.01. The summed E-state index contributed by atoms with van der Waals surface area (Å²) in [5.74, 6) is 0. The lowest BCUT2D eigenvalue weighted by Crippen LogP contribution is -2.29. The van der Waals surface area contributed by atoms with Crippen molar-refractivity contribution in [1.82, 2.24) is 0 Å². The second-order valence-corrected chi connectivity index (χ2v) is 5.64. The van der Waals surface area contributed by atoms with Gasteiger partial charge in [-0.15, -0.1) is 0 Å². The minimum absolute atomic E-state index is 0.424. The number of rotatable bonds is 1. The summed E-state index contributed by atoms with van der Waals surface area (Å²) in [6.07, 6.45) is 0. The standard InChI is InChI=1S/C18H11BO4/c20-19(21)10-5-7-15-13(9-10)17-16(22-15)8-6-12-11-3-1-2-4-14(11)23-18(12)17/h1-9,20-21H. The van der Waals surface area contributed by atoms with Gasteiger partial charge in [0.25, 0.3) is 0 Å². The molecule has 2 aromatic heterocycles. The summed E-state index contributed by atoms with van der Waals surface area (Å²) in [7, 11) is -1.51. The Hall–Kier alpha value is -2.76. The summed E-state index contributed by atoms with van der Waals surface area (Å²) < 4.78 is 11.9. The summed E-state index contributed by atoms with van der Waals surface area (Å²) in [6, 6.07) is 16.9. The molecule has 5 heteroatoms. The van der Waals surface area contributed by atoms with Crippen molar-refractivity contribution in [2.24, 2.45) is 0 Å². The van der Waals surface area contributed by atoms with Gasteiger partial charge in [0.15, 0.2) is 0 Å². The van der Waals surface area contributed by atoms with Gasteiger partial charge in [-0.1, -0.05) is 30.3 Å². The van der Waals surface area contributed by atoms with E-state index in [9.17, 15) is 10.0 Å². The molecule has 0 spiro atoms. The van der Waals surface area contributed by atoms with E-state index < -0.39 is 7.12 Å². The quantitative estimate of drug-likeness (QED) is 0.467. The third-order valence-electron chi connectivity index (χ3n) is 4.30. The molecule has 0 unspecified atom stereocenters. The molecule has 5 aromatic rings. The molecule has 2 heterocycles. The van der Waals surface area contributed by atoms with Crippen molar-refractivity contribution in [3.63, 3.8) is 0 Å². The van der Waals surface area contributed by atoms with Crippen LogP contribution in [0.25, 0.3) is 43.9 Å². The van der Waals surface area contributed by atoms with Crippen LogP contribution in [0.4, 0.5) is 0 Å². The monoisotopic (exact) mass is 302 g/mol. The molecule has 0 aliphatic carbocycles. The Labute approximate surface area is 130 Å². The van der Waals surface area contributed by atoms with Crippen LogP contribution >= 0.6 is 0 Å². The molecule has 0 radical (unpaired) electrons. The van der Waals surface area contributed by atoms with Crippen molar-refractivity contribution in [2.75, 3.05) is 0 Å². The van der Waals surface area contributed by atoms with E-state index in [-0.39, 0.29) is 0 Å². The molecule has 0 fully saturated rings. The second kappa shape index (κ2) is 4.38. The fraction of sp³-hybridized carbons (Fsp3) is 0. The molecule has 0 aliphatic rings. The Morgan fingerprint density at radius 1 is 0.696 bits per heavy atom. The van der Waals surface area contributed by atoms with Gasteiger partial charge >= 0.3 is 7.12 Å². The minimum Gasteiger partial charge on any atom is -0.456 e. The SMILES string of the molecule is OB(O)c1ccc2oc3ccc4c5ccccc5oc4c3c2c1. The van der Waals surface area contributed by atoms with Crippen LogP contribution < -0.4 is 5.46 Å². The summed E-state index contributed by atoms with van der Waals surface area (Å²) in [5, 5.41) is 22.6. The number of hydrogen-bond acceptors (Lipinski definition) is 4. The van der Waals surface area contributed by atoms with Crippen LogP contribution in [0, 0.1) is 0 Å². The van der Waals surface area contributed by atoms with E-state index in [1.165, 1.54) is 0 Å². The molecular formula is C18H11BO4. The highest BCUT2D eigenvalue weighted by Gasteiger charge is 2.18. The Morgan fingerprint density at radius 3 is 2.35 bits per heavy atom. The van der Waals surface area contributed by atoms with Crippen molar-refractivity contribution in [3.8, 4) is 0 Å². The first kappa shape index (κ1) is 12.8.